The van der Waals surface area contributed by atoms with Crippen LogP contribution < -0.4 is 10.1 Å². The summed E-state index contributed by atoms with van der Waals surface area (Å²) in [5, 5.41) is 2.87. The first-order valence-corrected chi connectivity index (χ1v) is 11.3. The van der Waals surface area contributed by atoms with Gasteiger partial charge >= 0.3 is 0 Å². The lowest BCUT2D eigenvalue weighted by atomic mass is 9.99. The van der Waals surface area contributed by atoms with Gasteiger partial charge in [0.25, 0.3) is 11.8 Å². The number of likely N-dealkylation sites (tertiary alicyclic amines) is 1. The van der Waals surface area contributed by atoms with Crippen molar-refractivity contribution in [3.8, 4) is 5.75 Å². The molecule has 1 saturated heterocycles. The van der Waals surface area contributed by atoms with E-state index in [2.05, 4.69) is 15.3 Å². The molecule has 0 radical (unpaired) electrons. The molecule has 2 amide bonds. The summed E-state index contributed by atoms with van der Waals surface area (Å²) in [5.41, 5.74) is 2.25. The number of nitrogens with one attached hydrogen (secondary N) is 1. The summed E-state index contributed by atoms with van der Waals surface area (Å²) in [7, 11) is 0. The molecule has 7 heteroatoms. The summed E-state index contributed by atoms with van der Waals surface area (Å²) < 4.78 is 5.68. The maximum Gasteiger partial charge on any atom is 0.259 e. The van der Waals surface area contributed by atoms with E-state index in [9.17, 15) is 9.59 Å². The fourth-order valence-corrected chi connectivity index (χ4v) is 4.11. The second-order valence-corrected chi connectivity index (χ2v) is 7.99. The quantitative estimate of drug-likeness (QED) is 0.590. The molecule has 0 saturated carbocycles. The maximum absolute atomic E-state index is 13.5. The molecule has 33 heavy (non-hydrogen) atoms. The van der Waals surface area contributed by atoms with Gasteiger partial charge in [0.15, 0.2) is 5.82 Å². The Labute approximate surface area is 193 Å². The molecule has 1 atom stereocenters. The Hall–Kier alpha value is -3.74. The van der Waals surface area contributed by atoms with Crippen LogP contribution >= 0.6 is 0 Å². The van der Waals surface area contributed by atoms with Crippen LogP contribution in [0.3, 0.4) is 0 Å². The summed E-state index contributed by atoms with van der Waals surface area (Å²) in [4.78, 5) is 37.2. The third-order valence-electron chi connectivity index (χ3n) is 5.75. The van der Waals surface area contributed by atoms with E-state index in [1.165, 1.54) is 0 Å². The molecule has 3 aromatic rings. The lowest BCUT2D eigenvalue weighted by molar-refractivity contribution is 0.0595. The molecule has 0 aliphatic carbocycles. The molecule has 1 N–H and O–H groups in total. The Kier molecular flexibility index (Phi) is 6.98. The predicted molar refractivity (Wildman–Crippen MR) is 126 cm³/mol. The number of aryl methyl sites for hydroxylation is 1. The second-order valence-electron chi connectivity index (χ2n) is 7.99. The highest BCUT2D eigenvalue weighted by Gasteiger charge is 2.32. The third-order valence-corrected chi connectivity index (χ3v) is 5.75. The molecular weight excluding hydrogens is 416 g/mol. The van der Waals surface area contributed by atoms with Crippen LogP contribution in [-0.4, -0.2) is 39.8 Å². The van der Waals surface area contributed by atoms with E-state index in [0.29, 0.717) is 47.2 Å². The third kappa shape index (κ3) is 5.03. The molecule has 0 spiro atoms. The first-order valence-electron chi connectivity index (χ1n) is 11.3. The van der Waals surface area contributed by atoms with Crippen LogP contribution in [0.4, 0.5) is 5.69 Å². The summed E-state index contributed by atoms with van der Waals surface area (Å²) in [6.07, 6.45) is 4.24. The van der Waals surface area contributed by atoms with E-state index < -0.39 is 0 Å². The smallest absolute Gasteiger partial charge is 0.259 e. The van der Waals surface area contributed by atoms with Crippen molar-refractivity contribution in [2.75, 3.05) is 18.5 Å². The number of rotatable bonds is 6. The number of anilines is 1. The van der Waals surface area contributed by atoms with E-state index in [1.807, 2.05) is 60.4 Å². The van der Waals surface area contributed by atoms with Gasteiger partial charge in [0, 0.05) is 18.4 Å². The number of benzene rings is 2. The van der Waals surface area contributed by atoms with Crippen LogP contribution in [0.25, 0.3) is 0 Å². The molecule has 1 aromatic heterocycles. The molecule has 1 fully saturated rings. The van der Waals surface area contributed by atoms with Gasteiger partial charge in [0.2, 0.25) is 0 Å². The highest BCUT2D eigenvalue weighted by atomic mass is 16.5. The fourth-order valence-electron chi connectivity index (χ4n) is 4.11. The minimum Gasteiger partial charge on any atom is -0.493 e. The topological polar surface area (TPSA) is 84.4 Å². The number of para-hydroxylation sites is 2. The normalized spacial score (nSPS) is 15.7. The highest BCUT2D eigenvalue weighted by Crippen LogP contribution is 2.32. The summed E-state index contributed by atoms with van der Waals surface area (Å²) in [6.45, 7) is 4.81. The van der Waals surface area contributed by atoms with Gasteiger partial charge in [-0.3, -0.25) is 9.59 Å². The van der Waals surface area contributed by atoms with Gasteiger partial charge in [-0.25, -0.2) is 9.97 Å². The van der Waals surface area contributed by atoms with Crippen LogP contribution in [-0.2, 0) is 0 Å². The Morgan fingerprint density at radius 1 is 1.06 bits per heavy atom. The van der Waals surface area contributed by atoms with Crippen molar-refractivity contribution in [2.45, 2.75) is 39.2 Å². The number of amides is 2. The van der Waals surface area contributed by atoms with Crippen LogP contribution in [0.2, 0.25) is 0 Å². The van der Waals surface area contributed by atoms with Crippen LogP contribution in [0.5, 0.6) is 5.75 Å². The average Bonchev–Trinajstić information content (AvgIpc) is 2.84. The molecule has 7 nitrogen and oxygen atoms in total. The second kappa shape index (κ2) is 10.3. The van der Waals surface area contributed by atoms with Gasteiger partial charge in [0.05, 0.1) is 29.5 Å². The largest absolute Gasteiger partial charge is 0.493 e. The van der Waals surface area contributed by atoms with Crippen molar-refractivity contribution in [2.24, 2.45) is 0 Å². The van der Waals surface area contributed by atoms with Gasteiger partial charge in [-0.15, -0.1) is 0 Å². The number of carbonyl (C=O) groups excluding carboxylic acids is 2. The number of ether oxygens (including phenoxy) is 1. The van der Waals surface area contributed by atoms with E-state index in [4.69, 9.17) is 4.74 Å². The lowest BCUT2D eigenvalue weighted by Crippen LogP contribution is -2.39. The zero-order valence-corrected chi connectivity index (χ0v) is 19.0. The first-order chi connectivity index (χ1) is 16.1. The van der Waals surface area contributed by atoms with Gasteiger partial charge in [0.1, 0.15) is 5.75 Å². The molecule has 1 aliphatic rings. The van der Waals surface area contributed by atoms with Crippen molar-refractivity contribution in [3.05, 3.63) is 83.4 Å². The van der Waals surface area contributed by atoms with Crippen LogP contribution in [0, 0.1) is 6.92 Å². The Morgan fingerprint density at radius 2 is 1.82 bits per heavy atom. The molecule has 2 heterocycles. The molecule has 0 unspecified atom stereocenters. The molecule has 1 aliphatic heterocycles. The number of carbonyl (C=O) groups is 2. The first kappa shape index (κ1) is 22.5. The highest BCUT2D eigenvalue weighted by molar-refractivity contribution is 6.04. The number of piperidine rings is 1. The molecule has 4 rings (SSSR count). The number of hydrogen-bond donors (Lipinski definition) is 1. The van der Waals surface area contributed by atoms with Crippen molar-refractivity contribution in [1.29, 1.82) is 0 Å². The van der Waals surface area contributed by atoms with E-state index in [0.717, 1.165) is 19.3 Å². The Morgan fingerprint density at radius 3 is 2.58 bits per heavy atom. The number of nitrogens with zero attached hydrogens (tertiary/aromatic N) is 3. The van der Waals surface area contributed by atoms with Crippen molar-refractivity contribution in [1.82, 2.24) is 14.9 Å². The number of hydrogen-bond acceptors (Lipinski definition) is 5. The summed E-state index contributed by atoms with van der Waals surface area (Å²) in [6, 6.07) is 16.3. The van der Waals surface area contributed by atoms with Crippen molar-refractivity contribution < 1.29 is 14.3 Å². The maximum atomic E-state index is 13.5. The SMILES string of the molecule is CCOc1ccccc1C(=O)N1CCCC[C@@H]1c1ncc(C(=O)Nc2ccccc2)c(C)n1. The monoisotopic (exact) mass is 444 g/mol. The van der Waals surface area contributed by atoms with Crippen molar-refractivity contribution >= 4 is 17.5 Å². The fraction of sp³-hybridized carbons (Fsp3) is 0.308. The zero-order valence-electron chi connectivity index (χ0n) is 19.0. The van der Waals surface area contributed by atoms with Gasteiger partial charge < -0.3 is 15.0 Å². The van der Waals surface area contributed by atoms with E-state index in [-0.39, 0.29) is 17.9 Å². The zero-order chi connectivity index (χ0) is 23.2. The van der Waals surface area contributed by atoms with Gasteiger partial charge in [-0.1, -0.05) is 30.3 Å². The standard InChI is InChI=1S/C26H28N4O3/c1-3-33-23-15-8-7-13-20(23)26(32)30-16-10-9-14-22(30)24-27-17-21(18(2)28-24)25(31)29-19-11-5-4-6-12-19/h4-8,11-13,15,17,22H,3,9-10,14,16H2,1-2H3,(H,29,31)/t22-/m1/s1. The minimum atomic E-state index is -0.257. The minimum absolute atomic E-state index is 0.0871. The van der Waals surface area contributed by atoms with Crippen molar-refractivity contribution in [3.63, 3.8) is 0 Å². The number of aromatic nitrogens is 2. The predicted octanol–water partition coefficient (Wildman–Crippen LogP) is 4.80. The van der Waals surface area contributed by atoms with Crippen LogP contribution in [0.15, 0.2) is 60.8 Å². The van der Waals surface area contributed by atoms with E-state index in [1.54, 1.807) is 19.2 Å². The van der Waals surface area contributed by atoms with Gasteiger partial charge in [-0.05, 0) is 57.4 Å². The average molecular weight is 445 g/mol. The summed E-state index contributed by atoms with van der Waals surface area (Å²) >= 11 is 0. The molecular formula is C26H28N4O3. The molecule has 0 bridgehead atoms. The van der Waals surface area contributed by atoms with Crippen LogP contribution in [0.1, 0.15) is 64.5 Å². The lowest BCUT2D eigenvalue weighted by Gasteiger charge is -2.35. The van der Waals surface area contributed by atoms with Gasteiger partial charge in [-0.2, -0.15) is 0 Å². The Balaban J connectivity index is 1.57. The molecule has 170 valence electrons. The van der Waals surface area contributed by atoms with E-state index >= 15 is 0 Å². The summed E-state index contributed by atoms with van der Waals surface area (Å²) in [5.74, 6) is 0.799. The Bertz CT molecular complexity index is 1130. The molecule has 2 aromatic carbocycles.